The van der Waals surface area contributed by atoms with E-state index in [1.165, 1.54) is 0 Å². The minimum Gasteiger partial charge on any atom is -0.318 e. The first-order valence-corrected chi connectivity index (χ1v) is 7.01. The van der Waals surface area contributed by atoms with Crippen LogP contribution in [0.5, 0.6) is 0 Å². The van der Waals surface area contributed by atoms with E-state index in [9.17, 15) is 4.79 Å². The summed E-state index contributed by atoms with van der Waals surface area (Å²) in [5.41, 5.74) is 2.48. The fourth-order valence-corrected chi connectivity index (χ4v) is 2.48. The molecule has 106 valence electrons. The standard InChI is InChI=1S/C15H11Cl2N3O/c1-9-5-6-20-8-12(18-13(20)7-9)15(21)19-14-10(16)3-2-4-11(14)17/h2-8H,1H3,(H,19,21). The Morgan fingerprint density at radius 1 is 1.24 bits per heavy atom. The first kappa shape index (κ1) is 13.9. The molecule has 1 amide bonds. The lowest BCUT2D eigenvalue weighted by Crippen LogP contribution is -2.13. The third-order valence-corrected chi connectivity index (χ3v) is 3.68. The van der Waals surface area contributed by atoms with Gasteiger partial charge in [0.2, 0.25) is 0 Å². The average Bonchev–Trinajstić information content (AvgIpc) is 2.86. The number of aryl methyl sites for hydroxylation is 1. The molecular formula is C15H11Cl2N3O. The van der Waals surface area contributed by atoms with Crippen LogP contribution in [0.2, 0.25) is 10.0 Å². The molecule has 21 heavy (non-hydrogen) atoms. The second-order valence-electron chi connectivity index (χ2n) is 4.65. The van der Waals surface area contributed by atoms with Crippen molar-refractivity contribution in [2.75, 3.05) is 5.32 Å². The van der Waals surface area contributed by atoms with Crippen LogP contribution in [0.25, 0.3) is 5.65 Å². The number of carbonyl (C=O) groups is 1. The van der Waals surface area contributed by atoms with Crippen LogP contribution in [-0.2, 0) is 0 Å². The summed E-state index contributed by atoms with van der Waals surface area (Å²) >= 11 is 12.1. The van der Waals surface area contributed by atoms with E-state index in [0.29, 0.717) is 27.1 Å². The lowest BCUT2D eigenvalue weighted by atomic mass is 10.3. The molecule has 3 aromatic rings. The van der Waals surface area contributed by atoms with Crippen molar-refractivity contribution in [2.45, 2.75) is 6.92 Å². The highest BCUT2D eigenvalue weighted by atomic mass is 35.5. The number of anilines is 1. The number of amides is 1. The van der Waals surface area contributed by atoms with E-state index >= 15 is 0 Å². The van der Waals surface area contributed by atoms with Gasteiger partial charge in [0.1, 0.15) is 11.3 Å². The van der Waals surface area contributed by atoms with E-state index in [1.54, 1.807) is 28.8 Å². The van der Waals surface area contributed by atoms with Gasteiger partial charge in [-0.25, -0.2) is 4.98 Å². The summed E-state index contributed by atoms with van der Waals surface area (Å²) in [6, 6.07) is 8.89. The first-order chi connectivity index (χ1) is 10.0. The van der Waals surface area contributed by atoms with Crippen LogP contribution in [-0.4, -0.2) is 15.3 Å². The van der Waals surface area contributed by atoms with Gasteiger partial charge < -0.3 is 9.72 Å². The number of fused-ring (bicyclic) bond motifs is 1. The van der Waals surface area contributed by atoms with E-state index in [-0.39, 0.29) is 5.91 Å². The Morgan fingerprint density at radius 2 is 1.95 bits per heavy atom. The summed E-state index contributed by atoms with van der Waals surface area (Å²) in [6.07, 6.45) is 3.52. The first-order valence-electron chi connectivity index (χ1n) is 6.25. The van der Waals surface area contributed by atoms with Crippen LogP contribution in [0, 0.1) is 6.92 Å². The molecule has 0 atom stereocenters. The molecule has 0 fully saturated rings. The molecule has 0 unspecified atom stereocenters. The zero-order valence-corrected chi connectivity index (χ0v) is 12.6. The maximum Gasteiger partial charge on any atom is 0.275 e. The van der Waals surface area contributed by atoms with Crippen LogP contribution in [0.3, 0.4) is 0 Å². The number of hydrogen-bond acceptors (Lipinski definition) is 2. The van der Waals surface area contributed by atoms with Crippen molar-refractivity contribution >= 4 is 40.4 Å². The minimum absolute atomic E-state index is 0.302. The van der Waals surface area contributed by atoms with E-state index in [4.69, 9.17) is 23.2 Å². The summed E-state index contributed by atoms with van der Waals surface area (Å²) in [4.78, 5) is 16.6. The molecule has 3 rings (SSSR count). The van der Waals surface area contributed by atoms with Crippen molar-refractivity contribution in [2.24, 2.45) is 0 Å². The Hall–Kier alpha value is -2.04. The molecule has 2 aromatic heterocycles. The van der Waals surface area contributed by atoms with Crippen LogP contribution in [0.15, 0.2) is 42.7 Å². The molecule has 0 bridgehead atoms. The smallest absolute Gasteiger partial charge is 0.275 e. The number of benzene rings is 1. The Bertz CT molecular complexity index is 822. The second kappa shape index (κ2) is 5.39. The Kier molecular flexibility index (Phi) is 3.57. The van der Waals surface area contributed by atoms with E-state index in [1.807, 2.05) is 25.3 Å². The molecular weight excluding hydrogens is 309 g/mol. The number of pyridine rings is 1. The molecule has 2 heterocycles. The van der Waals surface area contributed by atoms with Gasteiger partial charge in [-0.3, -0.25) is 4.79 Å². The molecule has 4 nitrogen and oxygen atoms in total. The monoisotopic (exact) mass is 319 g/mol. The highest BCUT2D eigenvalue weighted by Gasteiger charge is 2.14. The third-order valence-electron chi connectivity index (χ3n) is 3.05. The van der Waals surface area contributed by atoms with Crippen LogP contribution < -0.4 is 5.32 Å². The predicted molar refractivity (Wildman–Crippen MR) is 84.3 cm³/mol. The summed E-state index contributed by atoms with van der Waals surface area (Å²) in [5, 5.41) is 3.46. The maximum atomic E-state index is 12.3. The van der Waals surface area contributed by atoms with Crippen molar-refractivity contribution in [3.05, 3.63) is 64.0 Å². The molecule has 1 N–H and O–H groups in total. The van der Waals surface area contributed by atoms with Gasteiger partial charge in [-0.15, -0.1) is 0 Å². The van der Waals surface area contributed by atoms with Crippen LogP contribution in [0.1, 0.15) is 16.1 Å². The van der Waals surface area contributed by atoms with Crippen LogP contribution in [0.4, 0.5) is 5.69 Å². The number of para-hydroxylation sites is 1. The van der Waals surface area contributed by atoms with Crippen molar-refractivity contribution in [1.82, 2.24) is 9.38 Å². The highest BCUT2D eigenvalue weighted by molar-refractivity contribution is 6.40. The van der Waals surface area contributed by atoms with Crippen molar-refractivity contribution in [3.63, 3.8) is 0 Å². The SMILES string of the molecule is Cc1ccn2cc(C(=O)Nc3c(Cl)cccc3Cl)nc2c1. The predicted octanol–water partition coefficient (Wildman–Crippen LogP) is 4.20. The van der Waals surface area contributed by atoms with Crippen molar-refractivity contribution in [1.29, 1.82) is 0 Å². The quantitative estimate of drug-likeness (QED) is 0.769. The number of aromatic nitrogens is 2. The zero-order valence-electron chi connectivity index (χ0n) is 11.1. The fraction of sp³-hybridized carbons (Fsp3) is 0.0667. The molecule has 0 spiro atoms. The Balaban J connectivity index is 1.94. The normalized spacial score (nSPS) is 10.8. The van der Waals surface area contributed by atoms with E-state index in [0.717, 1.165) is 5.56 Å². The van der Waals surface area contributed by atoms with Gasteiger partial charge in [0, 0.05) is 12.4 Å². The third kappa shape index (κ3) is 2.73. The van der Waals surface area contributed by atoms with Crippen LogP contribution >= 0.6 is 23.2 Å². The lowest BCUT2D eigenvalue weighted by Gasteiger charge is -2.07. The minimum atomic E-state index is -0.355. The van der Waals surface area contributed by atoms with Gasteiger partial charge >= 0.3 is 0 Å². The number of hydrogen-bond donors (Lipinski definition) is 1. The van der Waals surface area contributed by atoms with Crippen molar-refractivity contribution < 1.29 is 4.79 Å². The maximum absolute atomic E-state index is 12.3. The lowest BCUT2D eigenvalue weighted by molar-refractivity contribution is 0.102. The molecule has 0 radical (unpaired) electrons. The number of nitrogens with zero attached hydrogens (tertiary/aromatic N) is 2. The fourth-order valence-electron chi connectivity index (χ4n) is 1.99. The van der Waals surface area contributed by atoms with Gasteiger partial charge in [0.25, 0.3) is 5.91 Å². The van der Waals surface area contributed by atoms with Crippen molar-refractivity contribution in [3.8, 4) is 0 Å². The molecule has 0 aliphatic carbocycles. The van der Waals surface area contributed by atoms with Gasteiger partial charge in [0.05, 0.1) is 15.7 Å². The largest absolute Gasteiger partial charge is 0.318 e. The average molecular weight is 320 g/mol. The zero-order chi connectivity index (χ0) is 15.0. The summed E-state index contributed by atoms with van der Waals surface area (Å²) in [5.74, 6) is -0.355. The van der Waals surface area contributed by atoms with Gasteiger partial charge in [-0.1, -0.05) is 29.3 Å². The van der Waals surface area contributed by atoms with Gasteiger partial charge in [-0.05, 0) is 36.8 Å². The highest BCUT2D eigenvalue weighted by Crippen LogP contribution is 2.30. The number of carbonyl (C=O) groups excluding carboxylic acids is 1. The molecule has 1 aromatic carbocycles. The molecule has 6 heteroatoms. The molecule has 0 aliphatic heterocycles. The number of halogens is 2. The Labute approximate surface area is 131 Å². The summed E-state index contributed by atoms with van der Waals surface area (Å²) in [7, 11) is 0. The van der Waals surface area contributed by atoms with Gasteiger partial charge in [0.15, 0.2) is 0 Å². The Morgan fingerprint density at radius 3 is 2.67 bits per heavy atom. The second-order valence-corrected chi connectivity index (χ2v) is 5.46. The van der Waals surface area contributed by atoms with E-state index in [2.05, 4.69) is 10.3 Å². The topological polar surface area (TPSA) is 46.4 Å². The molecule has 0 saturated heterocycles. The summed E-state index contributed by atoms with van der Waals surface area (Å²) in [6.45, 7) is 1.97. The number of rotatable bonds is 2. The number of nitrogens with one attached hydrogen (secondary N) is 1. The van der Waals surface area contributed by atoms with E-state index < -0.39 is 0 Å². The molecule has 0 saturated carbocycles. The number of imidazole rings is 1. The molecule has 0 aliphatic rings. The summed E-state index contributed by atoms with van der Waals surface area (Å²) < 4.78 is 1.79. The van der Waals surface area contributed by atoms with Gasteiger partial charge in [-0.2, -0.15) is 0 Å².